The van der Waals surface area contributed by atoms with E-state index < -0.39 is 0 Å². The summed E-state index contributed by atoms with van der Waals surface area (Å²) in [6.45, 7) is 4.95. The predicted molar refractivity (Wildman–Crippen MR) is 70.6 cm³/mol. The summed E-state index contributed by atoms with van der Waals surface area (Å²) >= 11 is 0. The van der Waals surface area contributed by atoms with Crippen molar-refractivity contribution in [2.24, 2.45) is 0 Å². The predicted octanol–water partition coefficient (Wildman–Crippen LogP) is 1.58. The van der Waals surface area contributed by atoms with Gasteiger partial charge in [0.1, 0.15) is 12.4 Å². The number of hydrogen-bond acceptors (Lipinski definition) is 3. The largest absolute Gasteiger partial charge is 0.491 e. The Morgan fingerprint density at radius 3 is 2.94 bits per heavy atom. The zero-order valence-electron chi connectivity index (χ0n) is 11.1. The summed E-state index contributed by atoms with van der Waals surface area (Å²) < 4.78 is 5.56. The number of likely N-dealkylation sites (N-methyl/N-ethyl adjacent to an activating group) is 1. The monoisotopic (exact) mass is 248 g/mol. The number of rotatable bonds is 4. The van der Waals surface area contributed by atoms with E-state index in [2.05, 4.69) is 5.32 Å². The molecule has 1 heterocycles. The zero-order chi connectivity index (χ0) is 13.1. The molecule has 1 N–H and O–H groups in total. The third-order valence-corrected chi connectivity index (χ3v) is 3.37. The number of nitrogens with zero attached hydrogens (tertiary/aromatic N) is 1. The van der Waals surface area contributed by atoms with Crippen LogP contribution in [0.5, 0.6) is 5.75 Å². The molecule has 4 heteroatoms. The molecule has 1 aromatic rings. The number of carbonyl (C=O) groups is 1. The van der Waals surface area contributed by atoms with E-state index in [-0.39, 0.29) is 18.0 Å². The van der Waals surface area contributed by atoms with Crippen LogP contribution in [0.3, 0.4) is 0 Å². The first-order valence-corrected chi connectivity index (χ1v) is 6.30. The van der Waals surface area contributed by atoms with Gasteiger partial charge in [0.05, 0.1) is 12.6 Å². The third-order valence-electron chi connectivity index (χ3n) is 3.37. The van der Waals surface area contributed by atoms with Crippen molar-refractivity contribution in [2.75, 3.05) is 20.2 Å². The van der Waals surface area contributed by atoms with Crippen molar-refractivity contribution in [2.45, 2.75) is 25.9 Å². The Morgan fingerprint density at radius 2 is 2.22 bits per heavy atom. The fourth-order valence-corrected chi connectivity index (χ4v) is 1.95. The number of ether oxygens (including phenoxy) is 1. The molecule has 0 spiro atoms. The standard InChI is InChI=1S/C14H20N2O2/c1-10(2)16(3)14(17)8-15-12-9-18-13-7-5-4-6-11(12)13/h4-7,10,12,15H,8-9H2,1-3H3. The number of hydrogen-bond donors (Lipinski definition) is 1. The quantitative estimate of drug-likeness (QED) is 0.879. The van der Waals surface area contributed by atoms with Crippen LogP contribution in [-0.2, 0) is 4.79 Å². The van der Waals surface area contributed by atoms with Crippen LogP contribution in [-0.4, -0.2) is 37.0 Å². The molecule has 0 aliphatic carbocycles. The minimum absolute atomic E-state index is 0.106. The molecule has 1 aromatic carbocycles. The van der Waals surface area contributed by atoms with Crippen molar-refractivity contribution in [1.29, 1.82) is 0 Å². The Morgan fingerprint density at radius 1 is 1.50 bits per heavy atom. The van der Waals surface area contributed by atoms with Gasteiger partial charge in [-0.3, -0.25) is 10.1 Å². The fourth-order valence-electron chi connectivity index (χ4n) is 1.95. The normalized spacial score (nSPS) is 17.4. The van der Waals surface area contributed by atoms with Crippen LogP contribution in [0.4, 0.5) is 0 Å². The van der Waals surface area contributed by atoms with Gasteiger partial charge in [-0.05, 0) is 19.9 Å². The maximum absolute atomic E-state index is 11.9. The van der Waals surface area contributed by atoms with Gasteiger partial charge in [0, 0.05) is 18.7 Å². The number of nitrogens with one attached hydrogen (secondary N) is 1. The summed E-state index contributed by atoms with van der Waals surface area (Å²) in [5.74, 6) is 1.02. The summed E-state index contributed by atoms with van der Waals surface area (Å²) in [7, 11) is 1.83. The molecule has 0 radical (unpaired) electrons. The molecular formula is C14H20N2O2. The summed E-state index contributed by atoms with van der Waals surface area (Å²) in [4.78, 5) is 13.6. The second-order valence-electron chi connectivity index (χ2n) is 4.88. The van der Waals surface area contributed by atoms with Crippen LogP contribution < -0.4 is 10.1 Å². The second-order valence-corrected chi connectivity index (χ2v) is 4.88. The SMILES string of the molecule is CC(C)N(C)C(=O)CNC1COc2ccccc21. The van der Waals surface area contributed by atoms with Crippen LogP contribution in [0.15, 0.2) is 24.3 Å². The lowest BCUT2D eigenvalue weighted by atomic mass is 10.1. The van der Waals surface area contributed by atoms with Crippen LogP contribution in [0, 0.1) is 0 Å². The number of carbonyl (C=O) groups excluding carboxylic acids is 1. The molecule has 1 aliphatic heterocycles. The van der Waals surface area contributed by atoms with Crippen molar-refractivity contribution in [3.05, 3.63) is 29.8 Å². The van der Waals surface area contributed by atoms with E-state index in [4.69, 9.17) is 4.74 Å². The van der Waals surface area contributed by atoms with Gasteiger partial charge < -0.3 is 9.64 Å². The number of para-hydroxylation sites is 1. The van der Waals surface area contributed by atoms with E-state index >= 15 is 0 Å². The summed E-state index contributed by atoms with van der Waals surface area (Å²) in [6.07, 6.45) is 0. The molecule has 1 aliphatic rings. The average molecular weight is 248 g/mol. The number of benzene rings is 1. The summed E-state index contributed by atoms with van der Waals surface area (Å²) in [6, 6.07) is 8.29. The number of fused-ring (bicyclic) bond motifs is 1. The first kappa shape index (κ1) is 12.9. The molecule has 0 saturated carbocycles. The Hall–Kier alpha value is -1.55. The molecule has 18 heavy (non-hydrogen) atoms. The summed E-state index contributed by atoms with van der Waals surface area (Å²) in [5, 5.41) is 3.26. The zero-order valence-corrected chi connectivity index (χ0v) is 11.1. The fraction of sp³-hybridized carbons (Fsp3) is 0.500. The minimum Gasteiger partial charge on any atom is -0.491 e. The third kappa shape index (κ3) is 2.64. The van der Waals surface area contributed by atoms with E-state index in [1.54, 1.807) is 4.90 Å². The highest BCUT2D eigenvalue weighted by molar-refractivity contribution is 5.78. The Balaban J connectivity index is 1.91. The molecule has 1 amide bonds. The molecule has 1 atom stereocenters. The van der Waals surface area contributed by atoms with Crippen molar-refractivity contribution < 1.29 is 9.53 Å². The summed E-state index contributed by atoms with van der Waals surface area (Å²) in [5.41, 5.74) is 1.14. The number of amides is 1. The van der Waals surface area contributed by atoms with E-state index in [1.165, 1.54) is 0 Å². The van der Waals surface area contributed by atoms with E-state index in [0.717, 1.165) is 11.3 Å². The lowest BCUT2D eigenvalue weighted by Gasteiger charge is -2.22. The maximum Gasteiger partial charge on any atom is 0.236 e. The van der Waals surface area contributed by atoms with Gasteiger partial charge in [-0.1, -0.05) is 18.2 Å². The Kier molecular flexibility index (Phi) is 3.87. The van der Waals surface area contributed by atoms with Gasteiger partial charge >= 0.3 is 0 Å². The Bertz CT molecular complexity index is 432. The van der Waals surface area contributed by atoms with Gasteiger partial charge in [-0.25, -0.2) is 0 Å². The van der Waals surface area contributed by atoms with E-state index in [9.17, 15) is 4.79 Å². The molecule has 0 aromatic heterocycles. The molecule has 1 unspecified atom stereocenters. The van der Waals surface area contributed by atoms with E-state index in [1.807, 2.05) is 45.2 Å². The van der Waals surface area contributed by atoms with Gasteiger partial charge in [-0.2, -0.15) is 0 Å². The molecule has 0 bridgehead atoms. The van der Waals surface area contributed by atoms with Gasteiger partial charge in [0.15, 0.2) is 0 Å². The molecule has 2 rings (SSSR count). The lowest BCUT2D eigenvalue weighted by Crippen LogP contribution is -2.40. The van der Waals surface area contributed by atoms with Crippen molar-refractivity contribution in [3.63, 3.8) is 0 Å². The lowest BCUT2D eigenvalue weighted by molar-refractivity contribution is -0.130. The smallest absolute Gasteiger partial charge is 0.236 e. The van der Waals surface area contributed by atoms with Crippen LogP contribution in [0.2, 0.25) is 0 Å². The molecular weight excluding hydrogens is 228 g/mol. The van der Waals surface area contributed by atoms with Crippen molar-refractivity contribution >= 4 is 5.91 Å². The van der Waals surface area contributed by atoms with Gasteiger partial charge in [0.25, 0.3) is 0 Å². The first-order chi connectivity index (χ1) is 8.59. The Labute approximate surface area is 108 Å². The van der Waals surface area contributed by atoms with E-state index in [0.29, 0.717) is 13.2 Å². The van der Waals surface area contributed by atoms with Gasteiger partial charge in [0.2, 0.25) is 5.91 Å². The maximum atomic E-state index is 11.9. The van der Waals surface area contributed by atoms with Crippen LogP contribution >= 0.6 is 0 Å². The highest BCUT2D eigenvalue weighted by atomic mass is 16.5. The van der Waals surface area contributed by atoms with Crippen LogP contribution in [0.25, 0.3) is 0 Å². The average Bonchev–Trinajstić information content (AvgIpc) is 2.78. The molecule has 0 saturated heterocycles. The molecule has 0 fully saturated rings. The van der Waals surface area contributed by atoms with Crippen molar-refractivity contribution in [3.8, 4) is 5.75 Å². The van der Waals surface area contributed by atoms with Crippen LogP contribution in [0.1, 0.15) is 25.5 Å². The van der Waals surface area contributed by atoms with Crippen molar-refractivity contribution in [1.82, 2.24) is 10.2 Å². The van der Waals surface area contributed by atoms with Gasteiger partial charge in [-0.15, -0.1) is 0 Å². The minimum atomic E-state index is 0.106. The topological polar surface area (TPSA) is 41.6 Å². The molecule has 4 nitrogen and oxygen atoms in total. The highest BCUT2D eigenvalue weighted by Crippen LogP contribution is 2.31. The second kappa shape index (κ2) is 5.40. The first-order valence-electron chi connectivity index (χ1n) is 6.30. The highest BCUT2D eigenvalue weighted by Gasteiger charge is 2.24. The molecule has 98 valence electrons.